The lowest BCUT2D eigenvalue weighted by atomic mass is 9.82. The molecule has 2 unspecified atom stereocenters. The first-order chi connectivity index (χ1) is 8.90. The highest BCUT2D eigenvalue weighted by atomic mass is 16.2. The standard InChI is InChI=1S/C15H26N2O2/c1-5-7-10-17-13(19)14(3,6-2)16-12(18)15(17,4)11-8-9-11/h11H,5-10H2,1-4H3,(H,16,18). The number of hydrogen-bond donors (Lipinski definition) is 1. The van der Waals surface area contributed by atoms with E-state index in [9.17, 15) is 9.59 Å². The van der Waals surface area contributed by atoms with Crippen molar-refractivity contribution in [1.82, 2.24) is 10.2 Å². The summed E-state index contributed by atoms with van der Waals surface area (Å²) < 4.78 is 0. The zero-order valence-electron chi connectivity index (χ0n) is 12.6. The largest absolute Gasteiger partial charge is 0.340 e. The number of nitrogens with zero attached hydrogens (tertiary/aromatic N) is 1. The highest BCUT2D eigenvalue weighted by molar-refractivity contribution is 6.02. The van der Waals surface area contributed by atoms with Gasteiger partial charge in [0.15, 0.2) is 0 Å². The van der Waals surface area contributed by atoms with Crippen LogP contribution in [0.3, 0.4) is 0 Å². The van der Waals surface area contributed by atoms with Gasteiger partial charge in [0.2, 0.25) is 11.8 Å². The van der Waals surface area contributed by atoms with Gasteiger partial charge in [0.05, 0.1) is 0 Å². The van der Waals surface area contributed by atoms with E-state index in [0.717, 1.165) is 25.7 Å². The Balaban J connectivity index is 2.33. The van der Waals surface area contributed by atoms with Crippen molar-refractivity contribution in [3.63, 3.8) is 0 Å². The van der Waals surface area contributed by atoms with Crippen LogP contribution in [0.4, 0.5) is 0 Å². The Morgan fingerprint density at radius 1 is 1.26 bits per heavy atom. The number of unbranched alkanes of at least 4 members (excludes halogenated alkanes) is 1. The van der Waals surface area contributed by atoms with E-state index in [2.05, 4.69) is 12.2 Å². The van der Waals surface area contributed by atoms with Crippen molar-refractivity contribution in [1.29, 1.82) is 0 Å². The predicted octanol–water partition coefficient (Wildman–Crippen LogP) is 2.08. The minimum absolute atomic E-state index is 0.0371. The van der Waals surface area contributed by atoms with Crippen molar-refractivity contribution < 1.29 is 9.59 Å². The maximum atomic E-state index is 12.8. The minimum atomic E-state index is -0.723. The van der Waals surface area contributed by atoms with Crippen LogP contribution in [0, 0.1) is 5.92 Å². The normalized spacial score (nSPS) is 35.5. The lowest BCUT2D eigenvalue weighted by Gasteiger charge is -2.50. The van der Waals surface area contributed by atoms with Crippen LogP contribution in [0.1, 0.15) is 59.8 Å². The summed E-state index contributed by atoms with van der Waals surface area (Å²) in [6, 6.07) is 0. The number of amides is 2. The molecule has 0 aromatic carbocycles. The quantitative estimate of drug-likeness (QED) is 0.828. The molecule has 1 N–H and O–H groups in total. The van der Waals surface area contributed by atoms with Crippen molar-refractivity contribution in [2.75, 3.05) is 6.54 Å². The topological polar surface area (TPSA) is 49.4 Å². The summed E-state index contributed by atoms with van der Waals surface area (Å²) in [5.41, 5.74) is -1.35. The van der Waals surface area contributed by atoms with Crippen molar-refractivity contribution in [2.24, 2.45) is 5.92 Å². The molecule has 19 heavy (non-hydrogen) atoms. The third-order valence-corrected chi connectivity index (χ3v) is 4.94. The Kier molecular flexibility index (Phi) is 3.63. The van der Waals surface area contributed by atoms with Crippen molar-refractivity contribution >= 4 is 11.8 Å². The van der Waals surface area contributed by atoms with Crippen molar-refractivity contribution in [3.05, 3.63) is 0 Å². The maximum absolute atomic E-state index is 12.8. The van der Waals surface area contributed by atoms with E-state index in [1.165, 1.54) is 0 Å². The van der Waals surface area contributed by atoms with Gasteiger partial charge in [-0.1, -0.05) is 20.3 Å². The zero-order valence-corrected chi connectivity index (χ0v) is 12.6. The maximum Gasteiger partial charge on any atom is 0.248 e. The Morgan fingerprint density at radius 3 is 2.37 bits per heavy atom. The van der Waals surface area contributed by atoms with E-state index in [4.69, 9.17) is 0 Å². The fourth-order valence-electron chi connectivity index (χ4n) is 3.00. The second-order valence-corrected chi connectivity index (χ2v) is 6.37. The van der Waals surface area contributed by atoms with E-state index in [1.54, 1.807) is 0 Å². The average molecular weight is 266 g/mol. The second kappa shape index (κ2) is 4.80. The molecule has 0 aromatic rings. The Bertz CT molecular complexity index is 392. The first-order valence-corrected chi connectivity index (χ1v) is 7.54. The lowest BCUT2D eigenvalue weighted by molar-refractivity contribution is -0.163. The first kappa shape index (κ1) is 14.4. The molecule has 4 heteroatoms. The van der Waals surface area contributed by atoms with Crippen LogP contribution < -0.4 is 5.32 Å². The molecule has 1 saturated heterocycles. The number of rotatable bonds is 5. The summed E-state index contributed by atoms with van der Waals surface area (Å²) >= 11 is 0. The molecular weight excluding hydrogens is 240 g/mol. The van der Waals surface area contributed by atoms with Crippen LogP contribution in [0.15, 0.2) is 0 Å². The molecule has 1 aliphatic heterocycles. The molecule has 2 rings (SSSR count). The van der Waals surface area contributed by atoms with Gasteiger partial charge in [0.1, 0.15) is 11.1 Å². The predicted molar refractivity (Wildman–Crippen MR) is 74.6 cm³/mol. The molecule has 1 heterocycles. The number of carbonyl (C=O) groups is 2. The van der Waals surface area contributed by atoms with Crippen molar-refractivity contribution in [2.45, 2.75) is 70.9 Å². The highest BCUT2D eigenvalue weighted by Gasteiger charge is 2.59. The van der Waals surface area contributed by atoms with Crippen LogP contribution in [-0.2, 0) is 9.59 Å². The van der Waals surface area contributed by atoms with Crippen molar-refractivity contribution in [3.8, 4) is 0 Å². The van der Waals surface area contributed by atoms with Crippen LogP contribution in [0.5, 0.6) is 0 Å². The van der Waals surface area contributed by atoms with Gasteiger partial charge in [0.25, 0.3) is 0 Å². The van der Waals surface area contributed by atoms with E-state index in [-0.39, 0.29) is 11.8 Å². The molecule has 2 amide bonds. The smallest absolute Gasteiger partial charge is 0.248 e. The Hall–Kier alpha value is -1.06. The van der Waals surface area contributed by atoms with Gasteiger partial charge in [0, 0.05) is 6.54 Å². The third kappa shape index (κ3) is 2.15. The Labute approximate surface area is 115 Å². The molecule has 0 radical (unpaired) electrons. The van der Waals surface area contributed by atoms with Gasteiger partial charge in [-0.05, 0) is 45.4 Å². The minimum Gasteiger partial charge on any atom is -0.340 e. The van der Waals surface area contributed by atoms with E-state index in [1.807, 2.05) is 25.7 Å². The highest BCUT2D eigenvalue weighted by Crippen LogP contribution is 2.46. The summed E-state index contributed by atoms with van der Waals surface area (Å²) in [6.45, 7) is 8.56. The van der Waals surface area contributed by atoms with E-state index in [0.29, 0.717) is 18.9 Å². The summed E-state index contributed by atoms with van der Waals surface area (Å²) in [6.07, 6.45) is 4.75. The van der Waals surface area contributed by atoms with Crippen LogP contribution in [0.25, 0.3) is 0 Å². The first-order valence-electron chi connectivity index (χ1n) is 7.54. The van der Waals surface area contributed by atoms with Gasteiger partial charge < -0.3 is 10.2 Å². The number of piperazine rings is 1. The monoisotopic (exact) mass is 266 g/mol. The molecule has 0 bridgehead atoms. The molecule has 0 aromatic heterocycles. The molecule has 4 nitrogen and oxygen atoms in total. The number of carbonyl (C=O) groups excluding carboxylic acids is 2. The molecule has 2 atom stereocenters. The van der Waals surface area contributed by atoms with Gasteiger partial charge in [-0.2, -0.15) is 0 Å². The van der Waals surface area contributed by atoms with Crippen LogP contribution in [-0.4, -0.2) is 34.3 Å². The summed E-state index contributed by atoms with van der Waals surface area (Å²) in [7, 11) is 0. The Morgan fingerprint density at radius 2 is 1.89 bits per heavy atom. The SMILES string of the molecule is CCCCN1C(=O)C(C)(CC)NC(=O)C1(C)C1CC1. The molecule has 2 aliphatic rings. The molecule has 1 aliphatic carbocycles. The number of nitrogens with one attached hydrogen (secondary N) is 1. The summed E-state index contributed by atoms with van der Waals surface area (Å²) in [4.78, 5) is 27.2. The molecule has 108 valence electrons. The fourth-order valence-corrected chi connectivity index (χ4v) is 3.00. The van der Waals surface area contributed by atoms with Gasteiger partial charge in [-0.15, -0.1) is 0 Å². The van der Waals surface area contributed by atoms with Crippen LogP contribution >= 0.6 is 0 Å². The van der Waals surface area contributed by atoms with E-state index >= 15 is 0 Å². The fraction of sp³-hybridized carbons (Fsp3) is 0.867. The van der Waals surface area contributed by atoms with Gasteiger partial charge in [-0.3, -0.25) is 9.59 Å². The summed E-state index contributed by atoms with van der Waals surface area (Å²) in [5.74, 6) is 0.474. The van der Waals surface area contributed by atoms with Gasteiger partial charge in [-0.25, -0.2) is 0 Å². The second-order valence-electron chi connectivity index (χ2n) is 6.37. The lowest BCUT2D eigenvalue weighted by Crippen LogP contribution is -2.74. The van der Waals surface area contributed by atoms with Crippen LogP contribution in [0.2, 0.25) is 0 Å². The van der Waals surface area contributed by atoms with E-state index < -0.39 is 11.1 Å². The molecular formula is C15H26N2O2. The third-order valence-electron chi connectivity index (χ3n) is 4.94. The summed E-state index contributed by atoms with van der Waals surface area (Å²) in [5, 5.41) is 2.98. The zero-order chi connectivity index (χ0) is 14.3. The molecule has 2 fully saturated rings. The van der Waals surface area contributed by atoms with Gasteiger partial charge >= 0.3 is 0 Å². The number of hydrogen-bond acceptors (Lipinski definition) is 2. The molecule has 1 saturated carbocycles. The molecule has 0 spiro atoms. The average Bonchev–Trinajstić information content (AvgIpc) is 3.21.